The minimum absolute atomic E-state index is 0.0120. The van der Waals surface area contributed by atoms with Crippen LogP contribution in [0.3, 0.4) is 0 Å². The summed E-state index contributed by atoms with van der Waals surface area (Å²) in [5, 5.41) is 6.31. The van der Waals surface area contributed by atoms with Crippen LogP contribution in [-0.2, 0) is 28.5 Å². The van der Waals surface area contributed by atoms with Crippen molar-refractivity contribution in [3.63, 3.8) is 0 Å². The summed E-state index contributed by atoms with van der Waals surface area (Å²) in [6.45, 7) is 1.36. The average molecular weight is 742 g/mol. The Labute approximate surface area is 307 Å². The number of hydrogen-bond acceptors (Lipinski definition) is 9. The summed E-state index contributed by atoms with van der Waals surface area (Å²) in [5.74, 6) is 0. The highest BCUT2D eigenvalue weighted by Crippen LogP contribution is 2.29. The molecule has 6 rings (SSSR count). The van der Waals surface area contributed by atoms with Crippen molar-refractivity contribution in [2.45, 2.75) is 44.6 Å². The zero-order valence-electron chi connectivity index (χ0n) is 29.5. The molecule has 2 aromatic heterocycles. The molecule has 4 N–H and O–H groups in total. The second-order valence-electron chi connectivity index (χ2n) is 12.3. The van der Waals surface area contributed by atoms with Crippen LogP contribution in [0.5, 0.6) is 0 Å². The molecule has 0 amide bonds. The van der Waals surface area contributed by atoms with Crippen LogP contribution >= 0.6 is 17.2 Å². The van der Waals surface area contributed by atoms with Crippen LogP contribution in [0.15, 0.2) is 91.1 Å². The molecule has 1 saturated heterocycles. The Kier molecular flexibility index (Phi) is 13.6. The third kappa shape index (κ3) is 10.6. The summed E-state index contributed by atoms with van der Waals surface area (Å²) >= 11 is 0. The van der Waals surface area contributed by atoms with Gasteiger partial charge in [-0.05, 0) is 73.5 Å². The van der Waals surface area contributed by atoms with Crippen molar-refractivity contribution in [1.82, 2.24) is 25.6 Å². The summed E-state index contributed by atoms with van der Waals surface area (Å²) < 4.78 is 20.5. The first-order valence-corrected chi connectivity index (χ1v) is 19.3. The van der Waals surface area contributed by atoms with Crippen LogP contribution in [0.1, 0.15) is 25.7 Å². The van der Waals surface area contributed by atoms with Crippen molar-refractivity contribution in [3.05, 3.63) is 91.1 Å². The summed E-state index contributed by atoms with van der Waals surface area (Å²) in [4.78, 5) is 36.2. The van der Waals surface area contributed by atoms with Gasteiger partial charge >= 0.3 is 0 Å². The van der Waals surface area contributed by atoms with Crippen molar-refractivity contribution in [2.75, 3.05) is 34.4 Å². The fourth-order valence-electron chi connectivity index (χ4n) is 5.76. The molecular formula is C39H45N5O6P2. The van der Waals surface area contributed by atoms with Crippen molar-refractivity contribution in [2.24, 2.45) is 0 Å². The number of carbonyl (C=O) groups is 2. The van der Waals surface area contributed by atoms with Gasteiger partial charge in [-0.15, -0.1) is 0 Å². The average Bonchev–Trinajstić information content (AvgIpc) is 3.51. The summed E-state index contributed by atoms with van der Waals surface area (Å²) in [7, 11) is 4.85. The Bertz CT molecular complexity index is 1890. The first kappa shape index (κ1) is 37.9. The van der Waals surface area contributed by atoms with E-state index in [4.69, 9.17) is 18.9 Å². The molecule has 272 valence electrons. The summed E-state index contributed by atoms with van der Waals surface area (Å²) in [6.07, 6.45) is 3.59. The number of rotatable bonds is 21. The number of H-pyrrole nitrogens is 2. The van der Waals surface area contributed by atoms with E-state index in [-0.39, 0.29) is 40.7 Å². The van der Waals surface area contributed by atoms with Crippen LogP contribution in [0.4, 0.5) is 0 Å². The molecule has 3 aromatic carbocycles. The van der Waals surface area contributed by atoms with Crippen LogP contribution in [0.25, 0.3) is 44.8 Å². The molecule has 0 aliphatic carbocycles. The van der Waals surface area contributed by atoms with E-state index in [1.807, 2.05) is 12.1 Å². The maximum atomic E-state index is 12.5. The minimum Gasteiger partial charge on any atom is -0.355 e. The maximum Gasteiger partial charge on any atom is 0.215 e. The van der Waals surface area contributed by atoms with E-state index in [0.29, 0.717) is 31.4 Å². The lowest BCUT2D eigenvalue weighted by Crippen LogP contribution is -2.33. The van der Waals surface area contributed by atoms with E-state index in [9.17, 15) is 9.59 Å². The zero-order chi connectivity index (χ0) is 36.3. The number of ether oxygens (including phenoxy) is 4. The summed E-state index contributed by atoms with van der Waals surface area (Å²) in [6, 6.07) is 29.4. The van der Waals surface area contributed by atoms with Gasteiger partial charge in [-0.2, -0.15) is 0 Å². The van der Waals surface area contributed by atoms with Gasteiger partial charge in [0.2, 0.25) is 6.41 Å². The highest BCUT2D eigenvalue weighted by Gasteiger charge is 2.38. The Morgan fingerprint density at radius 2 is 1.25 bits per heavy atom. The Hall–Kier alpha value is -3.89. The second-order valence-corrected chi connectivity index (χ2v) is 15.0. The molecule has 52 heavy (non-hydrogen) atoms. The van der Waals surface area contributed by atoms with Gasteiger partial charge in [-0.1, -0.05) is 72.8 Å². The van der Waals surface area contributed by atoms with Crippen LogP contribution in [0.2, 0.25) is 0 Å². The molecular weight excluding hydrogens is 696 g/mol. The lowest BCUT2D eigenvalue weighted by molar-refractivity contribution is -0.123. The number of aromatic nitrogens is 3. The largest absolute Gasteiger partial charge is 0.355 e. The Balaban J connectivity index is 0.962. The topological polar surface area (TPSA) is 143 Å². The normalized spacial score (nSPS) is 15.8. The van der Waals surface area contributed by atoms with Gasteiger partial charge in [0.05, 0.1) is 11.9 Å². The maximum absolute atomic E-state index is 12.5. The van der Waals surface area contributed by atoms with Gasteiger partial charge in [0, 0.05) is 60.4 Å². The minimum atomic E-state index is -0.463. The lowest BCUT2D eigenvalue weighted by Gasteiger charge is -2.14. The first-order valence-electron chi connectivity index (χ1n) is 17.3. The van der Waals surface area contributed by atoms with Crippen LogP contribution in [0, 0.1) is 0 Å². The van der Waals surface area contributed by atoms with E-state index in [1.54, 1.807) is 27.5 Å². The van der Waals surface area contributed by atoms with Crippen LogP contribution < -0.4 is 21.6 Å². The van der Waals surface area contributed by atoms with E-state index in [2.05, 4.69) is 98.4 Å². The molecule has 1 aliphatic heterocycles. The van der Waals surface area contributed by atoms with Gasteiger partial charge in [0.25, 0.3) is 0 Å². The van der Waals surface area contributed by atoms with Gasteiger partial charge < -0.3 is 28.9 Å². The lowest BCUT2D eigenvalue weighted by atomic mass is 9.98. The molecule has 0 saturated carbocycles. The predicted molar refractivity (Wildman–Crippen MR) is 209 cm³/mol. The van der Waals surface area contributed by atoms with E-state index in [0.717, 1.165) is 63.2 Å². The zero-order valence-corrected chi connectivity index (χ0v) is 31.5. The first-order chi connectivity index (χ1) is 25.4. The molecule has 0 radical (unpaired) electrons. The number of imidazole rings is 1. The predicted octanol–water partition coefficient (Wildman–Crippen LogP) is 5.71. The molecule has 3 heterocycles. The number of methoxy groups -OCH3 is 3. The molecule has 4 atom stereocenters. The number of nitrogens with one attached hydrogen (secondary N) is 4. The van der Waals surface area contributed by atoms with Gasteiger partial charge in [-0.3, -0.25) is 20.2 Å². The monoisotopic (exact) mass is 741 g/mol. The molecule has 0 spiro atoms. The fraction of sp³-hybridized carbons (Fsp3) is 0.308. The number of hydrogen-bond donors (Lipinski definition) is 4. The molecule has 1 aliphatic rings. The van der Waals surface area contributed by atoms with Gasteiger partial charge in [-0.25, -0.2) is 4.98 Å². The molecule has 0 bridgehead atoms. The molecule has 4 unspecified atom stereocenters. The number of nitrogens with zero attached hydrogens (tertiary/aromatic N) is 1. The van der Waals surface area contributed by atoms with E-state index in [1.165, 1.54) is 0 Å². The third-order valence-electron chi connectivity index (χ3n) is 8.67. The number of aromatic amines is 2. The van der Waals surface area contributed by atoms with E-state index < -0.39 is 6.41 Å². The highest BCUT2D eigenvalue weighted by atomic mass is 31.1. The van der Waals surface area contributed by atoms with Gasteiger partial charge in [0.15, 0.2) is 23.6 Å². The molecule has 11 nitrogen and oxygen atoms in total. The fourth-order valence-corrected chi connectivity index (χ4v) is 7.62. The van der Waals surface area contributed by atoms with E-state index >= 15 is 0 Å². The van der Waals surface area contributed by atoms with Crippen molar-refractivity contribution >= 4 is 39.2 Å². The quantitative estimate of drug-likeness (QED) is 0.0322. The van der Waals surface area contributed by atoms with Crippen molar-refractivity contribution in [3.8, 4) is 44.8 Å². The molecule has 13 heteroatoms. The number of epoxide rings is 1. The van der Waals surface area contributed by atoms with Crippen molar-refractivity contribution < 1.29 is 28.5 Å². The third-order valence-corrected chi connectivity index (χ3v) is 10.8. The van der Waals surface area contributed by atoms with Gasteiger partial charge in [0.1, 0.15) is 5.57 Å². The van der Waals surface area contributed by atoms with Crippen LogP contribution in [-0.4, -0.2) is 79.4 Å². The number of carbonyl (C=O) groups excluding carboxylic acids is 2. The number of benzene rings is 3. The second kappa shape index (κ2) is 18.7. The Morgan fingerprint density at radius 1 is 0.712 bits per heavy atom. The smallest absolute Gasteiger partial charge is 0.215 e. The molecule has 5 aromatic rings. The van der Waals surface area contributed by atoms with Crippen molar-refractivity contribution in [1.29, 1.82) is 0 Å². The SMILES string of the molecule is COC(NCCCC(=O)Pc1ncc(-c2ccc(-c3ccc(-c4ccc(-c5ccc(PC(=O)CCCNC6OC6OC)[nH]5)cc4)cc3)cc2)[nH]1)OC. The Morgan fingerprint density at radius 3 is 1.81 bits per heavy atom. The summed E-state index contributed by atoms with van der Waals surface area (Å²) in [5.41, 5.74) is 10.5. The highest BCUT2D eigenvalue weighted by molar-refractivity contribution is 7.65. The standard InChI is InChI=1S/C39H45N5O6P2/c1-47-37-36(50-37)40-22-4-6-34(45)51-33-21-20-31(43-33)29-16-12-27(13-17-29)25-8-10-26(11-9-25)28-14-18-30(19-15-28)32-24-42-38(44-32)52-35(46)7-5-23-41-39(48-2)49-3/h8-21,24,36-37,39-41,43,51-52H,4-7,22-23H2,1-3H3,(H,42,44). The molecule has 1 fully saturated rings.